The van der Waals surface area contributed by atoms with Crippen molar-refractivity contribution in [2.24, 2.45) is 5.92 Å². The van der Waals surface area contributed by atoms with Crippen molar-refractivity contribution >= 4 is 22.4 Å². The zero-order valence-electron chi connectivity index (χ0n) is 9.85. The summed E-state index contributed by atoms with van der Waals surface area (Å²) in [5, 5.41) is 22.3. The van der Waals surface area contributed by atoms with Crippen molar-refractivity contribution in [1.82, 2.24) is 10.2 Å². The summed E-state index contributed by atoms with van der Waals surface area (Å²) >= 11 is 1.58. The van der Waals surface area contributed by atoms with Gasteiger partial charge < -0.3 is 10.4 Å². The Hall–Kier alpha value is -1.17. The van der Waals surface area contributed by atoms with Crippen LogP contribution in [0.2, 0.25) is 0 Å². The second-order valence-corrected chi connectivity index (χ2v) is 5.45. The molecule has 17 heavy (non-hydrogen) atoms. The van der Waals surface area contributed by atoms with Gasteiger partial charge in [-0.25, -0.2) is 0 Å². The molecule has 0 saturated heterocycles. The Morgan fingerprint density at radius 1 is 1.41 bits per heavy atom. The molecular formula is C11H17N3O2S. The normalized spacial score (nSPS) is 24.5. The number of rotatable bonds is 4. The zero-order chi connectivity index (χ0) is 12.3. The van der Waals surface area contributed by atoms with E-state index >= 15 is 0 Å². The molecular weight excluding hydrogens is 238 g/mol. The molecule has 0 radical (unpaired) electrons. The van der Waals surface area contributed by atoms with E-state index in [0.29, 0.717) is 6.04 Å². The number of aryl methyl sites for hydroxylation is 1. The molecule has 1 saturated carbocycles. The standard InChI is InChI=1S/C11H17N3O2S/c1-2-9-13-14-11(17-9)12-8-5-3-7(4-6-8)10(15)16/h7-8H,2-6H2,1H3,(H,12,14)(H,15,16). The first-order valence-corrected chi connectivity index (χ1v) is 6.82. The molecule has 1 aliphatic rings. The van der Waals surface area contributed by atoms with Crippen LogP contribution >= 0.6 is 11.3 Å². The van der Waals surface area contributed by atoms with Gasteiger partial charge in [-0.15, -0.1) is 10.2 Å². The maximum absolute atomic E-state index is 10.8. The van der Waals surface area contributed by atoms with Crippen molar-refractivity contribution in [2.45, 2.75) is 45.1 Å². The number of hydrogen-bond donors (Lipinski definition) is 2. The summed E-state index contributed by atoms with van der Waals surface area (Å²) < 4.78 is 0. The summed E-state index contributed by atoms with van der Waals surface area (Å²) in [6, 6.07) is 0.350. The molecule has 0 unspecified atom stereocenters. The highest BCUT2D eigenvalue weighted by molar-refractivity contribution is 7.15. The van der Waals surface area contributed by atoms with E-state index in [1.54, 1.807) is 11.3 Å². The Morgan fingerprint density at radius 3 is 2.65 bits per heavy atom. The molecule has 1 heterocycles. The van der Waals surface area contributed by atoms with E-state index in [1.165, 1.54) is 0 Å². The molecule has 0 amide bonds. The molecule has 2 N–H and O–H groups in total. The number of hydrogen-bond acceptors (Lipinski definition) is 5. The topological polar surface area (TPSA) is 75.1 Å². The van der Waals surface area contributed by atoms with Crippen LogP contribution in [0.5, 0.6) is 0 Å². The van der Waals surface area contributed by atoms with Gasteiger partial charge in [-0.2, -0.15) is 0 Å². The Balaban J connectivity index is 1.83. The molecule has 0 bridgehead atoms. The molecule has 1 fully saturated rings. The molecule has 0 aliphatic heterocycles. The Kier molecular flexibility index (Phi) is 3.93. The first-order valence-electron chi connectivity index (χ1n) is 6.00. The first kappa shape index (κ1) is 12.3. The lowest BCUT2D eigenvalue weighted by molar-refractivity contribution is -0.142. The number of anilines is 1. The number of nitrogens with zero attached hydrogens (tertiary/aromatic N) is 2. The van der Waals surface area contributed by atoms with E-state index in [-0.39, 0.29) is 5.92 Å². The molecule has 0 spiro atoms. The van der Waals surface area contributed by atoms with E-state index in [4.69, 9.17) is 5.11 Å². The fraction of sp³-hybridized carbons (Fsp3) is 0.727. The number of aliphatic carboxylic acids is 1. The predicted molar refractivity (Wildman–Crippen MR) is 66.3 cm³/mol. The van der Waals surface area contributed by atoms with E-state index in [0.717, 1.165) is 42.2 Å². The van der Waals surface area contributed by atoms with Gasteiger partial charge in [-0.3, -0.25) is 4.79 Å². The van der Waals surface area contributed by atoms with Gasteiger partial charge >= 0.3 is 5.97 Å². The van der Waals surface area contributed by atoms with Gasteiger partial charge in [-0.05, 0) is 32.1 Å². The maximum Gasteiger partial charge on any atom is 0.306 e. The largest absolute Gasteiger partial charge is 0.481 e. The van der Waals surface area contributed by atoms with E-state index < -0.39 is 5.97 Å². The van der Waals surface area contributed by atoms with Crippen molar-refractivity contribution in [3.8, 4) is 0 Å². The number of nitrogens with one attached hydrogen (secondary N) is 1. The van der Waals surface area contributed by atoms with Crippen LogP contribution in [0.1, 0.15) is 37.6 Å². The average molecular weight is 255 g/mol. The minimum absolute atomic E-state index is 0.159. The average Bonchev–Trinajstić information content (AvgIpc) is 2.77. The summed E-state index contributed by atoms with van der Waals surface area (Å²) in [6.07, 6.45) is 4.22. The molecule has 94 valence electrons. The van der Waals surface area contributed by atoms with Crippen LogP contribution in [-0.2, 0) is 11.2 Å². The van der Waals surface area contributed by atoms with E-state index in [9.17, 15) is 4.79 Å². The molecule has 1 aromatic rings. The molecule has 1 aliphatic carbocycles. The number of carboxylic acid groups (broad SMARTS) is 1. The van der Waals surface area contributed by atoms with Gasteiger partial charge in [-0.1, -0.05) is 18.3 Å². The van der Waals surface area contributed by atoms with Crippen LogP contribution in [-0.4, -0.2) is 27.3 Å². The number of carbonyl (C=O) groups is 1. The number of aromatic nitrogens is 2. The molecule has 5 nitrogen and oxygen atoms in total. The molecule has 2 rings (SSSR count). The summed E-state index contributed by atoms with van der Waals surface area (Å²) in [6.45, 7) is 2.06. The lowest BCUT2D eigenvalue weighted by Gasteiger charge is -2.26. The lowest BCUT2D eigenvalue weighted by atomic mass is 9.86. The highest BCUT2D eigenvalue weighted by atomic mass is 32.1. The van der Waals surface area contributed by atoms with Crippen LogP contribution in [0.3, 0.4) is 0 Å². The van der Waals surface area contributed by atoms with Gasteiger partial charge in [0.05, 0.1) is 5.92 Å². The third-order valence-corrected chi connectivity index (χ3v) is 4.17. The predicted octanol–water partition coefficient (Wildman–Crippen LogP) is 2.16. The Labute approximate surface area is 104 Å². The van der Waals surface area contributed by atoms with Crippen molar-refractivity contribution in [3.63, 3.8) is 0 Å². The quantitative estimate of drug-likeness (QED) is 0.862. The third-order valence-electron chi connectivity index (χ3n) is 3.17. The highest BCUT2D eigenvalue weighted by Crippen LogP contribution is 2.27. The van der Waals surface area contributed by atoms with Crippen LogP contribution in [0, 0.1) is 5.92 Å². The monoisotopic (exact) mass is 255 g/mol. The van der Waals surface area contributed by atoms with Crippen molar-refractivity contribution in [1.29, 1.82) is 0 Å². The van der Waals surface area contributed by atoms with E-state index in [1.807, 2.05) is 0 Å². The smallest absolute Gasteiger partial charge is 0.306 e. The fourth-order valence-corrected chi connectivity index (χ4v) is 2.87. The third kappa shape index (κ3) is 3.15. The van der Waals surface area contributed by atoms with Crippen molar-refractivity contribution in [2.75, 3.05) is 5.32 Å². The molecule has 0 aromatic carbocycles. The van der Waals surface area contributed by atoms with Crippen LogP contribution in [0.25, 0.3) is 0 Å². The highest BCUT2D eigenvalue weighted by Gasteiger charge is 2.26. The van der Waals surface area contributed by atoms with Gasteiger partial charge in [0, 0.05) is 6.04 Å². The molecule has 6 heteroatoms. The minimum atomic E-state index is -0.660. The van der Waals surface area contributed by atoms with Crippen LogP contribution in [0.15, 0.2) is 0 Å². The van der Waals surface area contributed by atoms with E-state index in [2.05, 4.69) is 22.4 Å². The van der Waals surface area contributed by atoms with Gasteiger partial charge in [0.25, 0.3) is 0 Å². The van der Waals surface area contributed by atoms with Gasteiger partial charge in [0.2, 0.25) is 5.13 Å². The first-order chi connectivity index (χ1) is 8.19. The van der Waals surface area contributed by atoms with Crippen molar-refractivity contribution in [3.05, 3.63) is 5.01 Å². The van der Waals surface area contributed by atoms with Gasteiger partial charge in [0.1, 0.15) is 5.01 Å². The second-order valence-electron chi connectivity index (χ2n) is 4.39. The Bertz CT molecular complexity index is 386. The van der Waals surface area contributed by atoms with Gasteiger partial charge in [0.15, 0.2) is 0 Å². The van der Waals surface area contributed by atoms with Crippen molar-refractivity contribution < 1.29 is 9.90 Å². The Morgan fingerprint density at radius 2 is 2.12 bits per heavy atom. The zero-order valence-corrected chi connectivity index (χ0v) is 10.7. The van der Waals surface area contributed by atoms with Crippen LogP contribution < -0.4 is 5.32 Å². The second kappa shape index (κ2) is 5.44. The lowest BCUT2D eigenvalue weighted by Crippen LogP contribution is -2.29. The summed E-state index contributed by atoms with van der Waals surface area (Å²) in [5.74, 6) is -0.818. The maximum atomic E-state index is 10.8. The summed E-state index contributed by atoms with van der Waals surface area (Å²) in [4.78, 5) is 10.8. The van der Waals surface area contributed by atoms with Crippen LogP contribution in [0.4, 0.5) is 5.13 Å². The minimum Gasteiger partial charge on any atom is -0.481 e. The molecule has 1 aromatic heterocycles. The fourth-order valence-electron chi connectivity index (χ4n) is 2.11. The summed E-state index contributed by atoms with van der Waals surface area (Å²) in [7, 11) is 0. The molecule has 0 atom stereocenters. The summed E-state index contributed by atoms with van der Waals surface area (Å²) in [5.41, 5.74) is 0. The number of carboxylic acids is 1. The SMILES string of the molecule is CCc1nnc(NC2CCC(C(=O)O)CC2)s1.